The fourth-order valence-electron chi connectivity index (χ4n) is 2.23. The van der Waals surface area contributed by atoms with Gasteiger partial charge in [-0.3, -0.25) is 4.98 Å². The number of nitrogens with two attached hydrogens (primary N) is 1. The lowest BCUT2D eigenvalue weighted by molar-refractivity contribution is 0.700. The Bertz CT molecular complexity index is 553. The first-order valence-electron chi connectivity index (χ1n) is 7.53. The summed E-state index contributed by atoms with van der Waals surface area (Å²) in [6.07, 6.45) is 4.76. The molecule has 2 N–H and O–H groups in total. The fourth-order valence-corrected chi connectivity index (χ4v) is 3.36. The highest BCUT2D eigenvalue weighted by Gasteiger charge is 2.18. The first-order valence-corrected chi connectivity index (χ1v) is 8.34. The van der Waals surface area contributed by atoms with Crippen LogP contribution in [0.3, 0.4) is 0 Å². The van der Waals surface area contributed by atoms with Gasteiger partial charge < -0.3 is 10.6 Å². The van der Waals surface area contributed by atoms with Crippen molar-refractivity contribution in [3.63, 3.8) is 0 Å². The van der Waals surface area contributed by atoms with Crippen LogP contribution in [0, 0.1) is 0 Å². The lowest BCUT2D eigenvalue weighted by Gasteiger charge is -2.19. The molecule has 2 aromatic rings. The quantitative estimate of drug-likeness (QED) is 0.850. The standard InChI is InChI=1S/C16H24N4S/c1-4-12(3)15-14(10-17)21-16(19-15)20(5-2)11-13-6-8-18-9-7-13/h6-9,12H,4-5,10-11,17H2,1-3H3. The van der Waals surface area contributed by atoms with Crippen LogP contribution in [-0.4, -0.2) is 16.5 Å². The lowest BCUT2D eigenvalue weighted by atomic mass is 10.0. The van der Waals surface area contributed by atoms with Gasteiger partial charge in [0.15, 0.2) is 5.13 Å². The van der Waals surface area contributed by atoms with Crippen molar-refractivity contribution in [3.05, 3.63) is 40.7 Å². The molecule has 0 aliphatic carbocycles. The number of hydrogen-bond donors (Lipinski definition) is 1. The number of hydrogen-bond acceptors (Lipinski definition) is 5. The van der Waals surface area contributed by atoms with Gasteiger partial charge in [-0.05, 0) is 37.0 Å². The largest absolute Gasteiger partial charge is 0.344 e. The van der Waals surface area contributed by atoms with E-state index in [4.69, 9.17) is 10.7 Å². The van der Waals surface area contributed by atoms with Crippen LogP contribution in [0.25, 0.3) is 0 Å². The molecule has 1 atom stereocenters. The van der Waals surface area contributed by atoms with E-state index in [1.54, 1.807) is 11.3 Å². The van der Waals surface area contributed by atoms with Crippen molar-refractivity contribution in [1.82, 2.24) is 9.97 Å². The zero-order valence-electron chi connectivity index (χ0n) is 13.0. The lowest BCUT2D eigenvalue weighted by Crippen LogP contribution is -2.21. The van der Waals surface area contributed by atoms with Gasteiger partial charge in [-0.2, -0.15) is 0 Å². The molecule has 0 saturated heterocycles. The Hall–Kier alpha value is -1.46. The zero-order chi connectivity index (χ0) is 15.2. The molecule has 0 spiro atoms. The molecule has 114 valence electrons. The number of aromatic nitrogens is 2. The van der Waals surface area contributed by atoms with Crippen LogP contribution in [0.4, 0.5) is 5.13 Å². The normalized spacial score (nSPS) is 12.4. The van der Waals surface area contributed by atoms with Crippen molar-refractivity contribution >= 4 is 16.5 Å². The monoisotopic (exact) mass is 304 g/mol. The predicted molar refractivity (Wildman–Crippen MR) is 89.7 cm³/mol. The third-order valence-electron chi connectivity index (χ3n) is 3.76. The molecule has 0 amide bonds. The zero-order valence-corrected chi connectivity index (χ0v) is 13.9. The van der Waals surface area contributed by atoms with Gasteiger partial charge in [-0.25, -0.2) is 4.98 Å². The third kappa shape index (κ3) is 3.80. The topological polar surface area (TPSA) is 55.0 Å². The smallest absolute Gasteiger partial charge is 0.186 e. The Labute approximate surface area is 131 Å². The summed E-state index contributed by atoms with van der Waals surface area (Å²) in [6, 6.07) is 4.10. The minimum atomic E-state index is 0.466. The number of anilines is 1. The van der Waals surface area contributed by atoms with Gasteiger partial charge in [0.25, 0.3) is 0 Å². The second kappa shape index (κ2) is 7.52. The molecule has 0 bridgehead atoms. The van der Waals surface area contributed by atoms with Crippen LogP contribution in [0.2, 0.25) is 0 Å². The first-order chi connectivity index (χ1) is 10.2. The van der Waals surface area contributed by atoms with Crippen LogP contribution < -0.4 is 10.6 Å². The highest BCUT2D eigenvalue weighted by molar-refractivity contribution is 7.15. The molecule has 0 saturated carbocycles. The Morgan fingerprint density at radius 3 is 2.57 bits per heavy atom. The minimum absolute atomic E-state index is 0.466. The van der Waals surface area contributed by atoms with Crippen LogP contribution in [0.5, 0.6) is 0 Å². The highest BCUT2D eigenvalue weighted by atomic mass is 32.1. The Balaban J connectivity index is 2.24. The third-order valence-corrected chi connectivity index (χ3v) is 4.91. The number of pyridine rings is 1. The fraction of sp³-hybridized carbons (Fsp3) is 0.500. The van der Waals surface area contributed by atoms with Gasteiger partial charge in [-0.15, -0.1) is 11.3 Å². The van der Waals surface area contributed by atoms with Crippen molar-refractivity contribution in [3.8, 4) is 0 Å². The van der Waals surface area contributed by atoms with Crippen molar-refractivity contribution in [1.29, 1.82) is 0 Å². The van der Waals surface area contributed by atoms with Crippen LogP contribution in [0.15, 0.2) is 24.5 Å². The average molecular weight is 304 g/mol. The predicted octanol–water partition coefficient (Wildman–Crippen LogP) is 3.54. The summed E-state index contributed by atoms with van der Waals surface area (Å²) in [7, 11) is 0. The molecule has 21 heavy (non-hydrogen) atoms. The van der Waals surface area contributed by atoms with E-state index in [1.165, 1.54) is 16.1 Å². The average Bonchev–Trinajstić information content (AvgIpc) is 2.97. The molecule has 2 heterocycles. The number of rotatable bonds is 7. The van der Waals surface area contributed by atoms with Crippen LogP contribution in [-0.2, 0) is 13.1 Å². The maximum atomic E-state index is 5.89. The van der Waals surface area contributed by atoms with Crippen molar-refractivity contribution in [2.75, 3.05) is 11.4 Å². The van der Waals surface area contributed by atoms with Crippen LogP contribution >= 0.6 is 11.3 Å². The van der Waals surface area contributed by atoms with E-state index in [9.17, 15) is 0 Å². The molecule has 0 fully saturated rings. The maximum Gasteiger partial charge on any atom is 0.186 e. The van der Waals surface area contributed by atoms with E-state index >= 15 is 0 Å². The van der Waals surface area contributed by atoms with Crippen LogP contribution in [0.1, 0.15) is 49.2 Å². The molecule has 4 nitrogen and oxygen atoms in total. The molecule has 0 aromatic carbocycles. The van der Waals surface area contributed by atoms with E-state index in [0.717, 1.165) is 24.6 Å². The van der Waals surface area contributed by atoms with E-state index in [1.807, 2.05) is 12.4 Å². The molecule has 1 unspecified atom stereocenters. The van der Waals surface area contributed by atoms with Gasteiger partial charge in [0.05, 0.1) is 5.69 Å². The van der Waals surface area contributed by atoms with Gasteiger partial charge in [0.1, 0.15) is 0 Å². The first kappa shape index (κ1) is 15.9. The molecule has 0 radical (unpaired) electrons. The van der Waals surface area contributed by atoms with Crippen molar-refractivity contribution < 1.29 is 0 Å². The Morgan fingerprint density at radius 1 is 1.29 bits per heavy atom. The Morgan fingerprint density at radius 2 is 2.00 bits per heavy atom. The maximum absolute atomic E-state index is 5.89. The summed E-state index contributed by atoms with van der Waals surface area (Å²) >= 11 is 1.73. The Kier molecular flexibility index (Phi) is 5.70. The van der Waals surface area contributed by atoms with E-state index in [2.05, 4.69) is 42.8 Å². The summed E-state index contributed by atoms with van der Waals surface area (Å²) in [5.74, 6) is 0.466. The molecule has 2 aromatic heterocycles. The van der Waals surface area contributed by atoms with Gasteiger partial charge in [0.2, 0.25) is 0 Å². The molecular weight excluding hydrogens is 280 g/mol. The highest BCUT2D eigenvalue weighted by Crippen LogP contribution is 2.32. The van der Waals surface area contributed by atoms with Crippen molar-refractivity contribution in [2.45, 2.75) is 46.2 Å². The number of thiazole rings is 1. The summed E-state index contributed by atoms with van der Waals surface area (Å²) < 4.78 is 0. The van der Waals surface area contributed by atoms with E-state index < -0.39 is 0 Å². The minimum Gasteiger partial charge on any atom is -0.344 e. The summed E-state index contributed by atoms with van der Waals surface area (Å²) in [5, 5.41) is 1.07. The summed E-state index contributed by atoms with van der Waals surface area (Å²) in [5.41, 5.74) is 8.32. The molecule has 0 aliphatic heterocycles. The molecule has 0 aliphatic rings. The van der Waals surface area contributed by atoms with Crippen molar-refractivity contribution in [2.24, 2.45) is 5.73 Å². The van der Waals surface area contributed by atoms with Gasteiger partial charge in [-0.1, -0.05) is 13.8 Å². The van der Waals surface area contributed by atoms with Gasteiger partial charge >= 0.3 is 0 Å². The second-order valence-corrected chi connectivity index (χ2v) is 6.25. The molecule has 5 heteroatoms. The summed E-state index contributed by atoms with van der Waals surface area (Å²) in [6.45, 7) is 8.93. The van der Waals surface area contributed by atoms with Gasteiger partial charge in [0, 0.05) is 36.9 Å². The van der Waals surface area contributed by atoms with E-state index in [0.29, 0.717) is 12.5 Å². The summed E-state index contributed by atoms with van der Waals surface area (Å²) in [4.78, 5) is 12.4. The molecule has 2 rings (SSSR count). The van der Waals surface area contributed by atoms with E-state index in [-0.39, 0.29) is 0 Å². The second-order valence-electron chi connectivity index (χ2n) is 5.19. The number of nitrogens with zero attached hydrogens (tertiary/aromatic N) is 3. The SMILES string of the molecule is CCC(C)c1nc(N(CC)Cc2ccncc2)sc1CN. The molecular formula is C16H24N4S.